The SMILES string of the molecule is O=C1CNC(=O)N1CC1CN2CCCC2CO1. The largest absolute Gasteiger partial charge is 0.373 e. The van der Waals surface area contributed by atoms with Crippen LogP contribution in [0.5, 0.6) is 0 Å². The summed E-state index contributed by atoms with van der Waals surface area (Å²) in [5, 5.41) is 2.52. The first kappa shape index (κ1) is 11.0. The van der Waals surface area contributed by atoms with Gasteiger partial charge in [-0.1, -0.05) is 0 Å². The summed E-state index contributed by atoms with van der Waals surface area (Å²) in [4.78, 5) is 26.5. The van der Waals surface area contributed by atoms with Crippen LogP contribution in [0.25, 0.3) is 0 Å². The molecule has 3 amide bonds. The zero-order chi connectivity index (χ0) is 11.8. The Morgan fingerprint density at radius 1 is 1.41 bits per heavy atom. The van der Waals surface area contributed by atoms with Crippen molar-refractivity contribution in [1.82, 2.24) is 15.1 Å². The second-order valence-corrected chi connectivity index (χ2v) is 4.91. The highest BCUT2D eigenvalue weighted by Gasteiger charge is 2.36. The molecule has 0 aromatic heterocycles. The molecule has 0 saturated carbocycles. The number of ether oxygens (including phenoxy) is 1. The average molecular weight is 239 g/mol. The van der Waals surface area contributed by atoms with Gasteiger partial charge in [0.2, 0.25) is 5.91 Å². The molecule has 3 fully saturated rings. The molecule has 0 aromatic carbocycles. The number of hydrogen-bond donors (Lipinski definition) is 1. The van der Waals surface area contributed by atoms with Crippen molar-refractivity contribution in [2.24, 2.45) is 0 Å². The fourth-order valence-electron chi connectivity index (χ4n) is 2.84. The predicted octanol–water partition coefficient (Wildman–Crippen LogP) is -0.599. The molecule has 3 rings (SSSR count). The first-order chi connectivity index (χ1) is 8.24. The van der Waals surface area contributed by atoms with E-state index in [1.54, 1.807) is 0 Å². The second kappa shape index (κ2) is 4.27. The summed E-state index contributed by atoms with van der Waals surface area (Å²) < 4.78 is 5.73. The number of urea groups is 1. The van der Waals surface area contributed by atoms with E-state index in [9.17, 15) is 9.59 Å². The Bertz CT molecular complexity index is 331. The third-order valence-electron chi connectivity index (χ3n) is 3.78. The molecular formula is C11H17N3O3. The molecule has 3 heterocycles. The minimum atomic E-state index is -0.290. The summed E-state index contributed by atoms with van der Waals surface area (Å²) in [6, 6.07) is 0.261. The van der Waals surface area contributed by atoms with Crippen LogP contribution in [0.3, 0.4) is 0 Å². The number of carbonyl (C=O) groups is 2. The van der Waals surface area contributed by atoms with Crippen molar-refractivity contribution in [2.75, 3.05) is 32.8 Å². The summed E-state index contributed by atoms with van der Waals surface area (Å²) in [7, 11) is 0. The van der Waals surface area contributed by atoms with Gasteiger partial charge in [-0.05, 0) is 19.4 Å². The molecule has 0 radical (unpaired) electrons. The van der Waals surface area contributed by atoms with Crippen LogP contribution < -0.4 is 5.32 Å². The Labute approximate surface area is 99.9 Å². The highest BCUT2D eigenvalue weighted by molar-refractivity contribution is 6.01. The number of morpholine rings is 1. The van der Waals surface area contributed by atoms with Gasteiger partial charge < -0.3 is 10.1 Å². The van der Waals surface area contributed by atoms with Gasteiger partial charge in [-0.15, -0.1) is 0 Å². The van der Waals surface area contributed by atoms with Crippen LogP contribution in [0, 0.1) is 0 Å². The van der Waals surface area contributed by atoms with Crippen molar-refractivity contribution < 1.29 is 14.3 Å². The van der Waals surface area contributed by atoms with Gasteiger partial charge in [0.05, 0.1) is 25.8 Å². The normalized spacial score (nSPS) is 34.0. The van der Waals surface area contributed by atoms with Gasteiger partial charge in [0, 0.05) is 12.6 Å². The lowest BCUT2D eigenvalue weighted by molar-refractivity contribution is -0.128. The van der Waals surface area contributed by atoms with Gasteiger partial charge in [0.25, 0.3) is 0 Å². The van der Waals surface area contributed by atoms with E-state index in [0.717, 1.165) is 19.7 Å². The van der Waals surface area contributed by atoms with Gasteiger partial charge in [0.1, 0.15) is 0 Å². The Kier molecular flexibility index (Phi) is 2.76. The summed E-state index contributed by atoms with van der Waals surface area (Å²) in [5.74, 6) is -0.151. The lowest BCUT2D eigenvalue weighted by Crippen LogP contribution is -2.51. The van der Waals surface area contributed by atoms with Gasteiger partial charge >= 0.3 is 6.03 Å². The predicted molar refractivity (Wildman–Crippen MR) is 59.4 cm³/mol. The highest BCUT2D eigenvalue weighted by atomic mass is 16.5. The molecule has 0 aromatic rings. The van der Waals surface area contributed by atoms with E-state index in [0.29, 0.717) is 12.6 Å². The number of amides is 3. The molecule has 6 heteroatoms. The van der Waals surface area contributed by atoms with E-state index in [-0.39, 0.29) is 24.6 Å². The first-order valence-electron chi connectivity index (χ1n) is 6.18. The topological polar surface area (TPSA) is 61.9 Å². The van der Waals surface area contributed by atoms with Crippen LogP contribution in [0.1, 0.15) is 12.8 Å². The van der Waals surface area contributed by atoms with Crippen molar-refractivity contribution in [3.63, 3.8) is 0 Å². The second-order valence-electron chi connectivity index (χ2n) is 4.91. The number of nitrogens with one attached hydrogen (secondary N) is 1. The molecule has 3 saturated heterocycles. The van der Waals surface area contributed by atoms with E-state index in [1.807, 2.05) is 0 Å². The van der Waals surface area contributed by atoms with Crippen LogP contribution in [0.2, 0.25) is 0 Å². The minimum Gasteiger partial charge on any atom is -0.373 e. The molecule has 2 atom stereocenters. The Hall–Kier alpha value is -1.14. The molecule has 0 spiro atoms. The molecular weight excluding hydrogens is 222 g/mol. The Morgan fingerprint density at radius 3 is 3.06 bits per heavy atom. The molecule has 0 aliphatic carbocycles. The molecule has 3 aliphatic heterocycles. The number of nitrogens with zero attached hydrogens (tertiary/aromatic N) is 2. The highest BCUT2D eigenvalue weighted by Crippen LogP contribution is 2.23. The fourth-order valence-corrected chi connectivity index (χ4v) is 2.84. The van der Waals surface area contributed by atoms with Gasteiger partial charge in [-0.25, -0.2) is 4.79 Å². The maximum atomic E-state index is 11.5. The van der Waals surface area contributed by atoms with Crippen molar-refractivity contribution >= 4 is 11.9 Å². The fraction of sp³-hybridized carbons (Fsp3) is 0.818. The van der Waals surface area contributed by atoms with Crippen LogP contribution in [0.4, 0.5) is 4.79 Å². The monoisotopic (exact) mass is 239 g/mol. The van der Waals surface area contributed by atoms with Gasteiger partial charge in [-0.3, -0.25) is 14.6 Å². The third kappa shape index (κ3) is 2.02. The van der Waals surface area contributed by atoms with Crippen LogP contribution >= 0.6 is 0 Å². The standard InChI is InChI=1S/C11H17N3O3/c15-10-4-12-11(16)14(10)6-9-5-13-3-1-2-8(13)7-17-9/h8-9H,1-7H2,(H,12,16). The van der Waals surface area contributed by atoms with E-state index in [2.05, 4.69) is 10.2 Å². The number of imide groups is 1. The molecule has 94 valence electrons. The molecule has 2 unspecified atom stereocenters. The zero-order valence-corrected chi connectivity index (χ0v) is 9.72. The number of hydrogen-bond acceptors (Lipinski definition) is 4. The number of carbonyl (C=O) groups excluding carboxylic acids is 2. The summed E-state index contributed by atoms with van der Waals surface area (Å²) >= 11 is 0. The molecule has 1 N–H and O–H groups in total. The maximum Gasteiger partial charge on any atom is 0.324 e. The Morgan fingerprint density at radius 2 is 2.29 bits per heavy atom. The van der Waals surface area contributed by atoms with Crippen molar-refractivity contribution in [2.45, 2.75) is 25.0 Å². The van der Waals surface area contributed by atoms with Crippen LogP contribution in [-0.4, -0.2) is 66.7 Å². The first-order valence-corrected chi connectivity index (χ1v) is 6.18. The van der Waals surface area contributed by atoms with Gasteiger partial charge in [0.15, 0.2) is 0 Å². The maximum absolute atomic E-state index is 11.5. The van der Waals surface area contributed by atoms with Crippen molar-refractivity contribution in [1.29, 1.82) is 0 Å². The summed E-state index contributed by atoms with van der Waals surface area (Å²) in [5.41, 5.74) is 0. The number of rotatable bonds is 2. The summed E-state index contributed by atoms with van der Waals surface area (Å²) in [6.45, 7) is 3.19. The quantitative estimate of drug-likeness (QED) is 0.654. The van der Waals surface area contributed by atoms with Crippen molar-refractivity contribution in [3.8, 4) is 0 Å². The third-order valence-corrected chi connectivity index (χ3v) is 3.78. The minimum absolute atomic E-state index is 0.0304. The summed E-state index contributed by atoms with van der Waals surface area (Å²) in [6.07, 6.45) is 2.40. The smallest absolute Gasteiger partial charge is 0.324 e. The van der Waals surface area contributed by atoms with Crippen LogP contribution in [0.15, 0.2) is 0 Å². The zero-order valence-electron chi connectivity index (χ0n) is 9.72. The molecule has 3 aliphatic rings. The van der Waals surface area contributed by atoms with E-state index < -0.39 is 0 Å². The lowest BCUT2D eigenvalue weighted by Gasteiger charge is -2.36. The average Bonchev–Trinajstić information content (AvgIpc) is 2.90. The van der Waals surface area contributed by atoms with Gasteiger partial charge in [-0.2, -0.15) is 0 Å². The molecule has 0 bridgehead atoms. The lowest BCUT2D eigenvalue weighted by atomic mass is 10.2. The van der Waals surface area contributed by atoms with Crippen molar-refractivity contribution in [3.05, 3.63) is 0 Å². The van der Waals surface area contributed by atoms with Crippen LogP contribution in [-0.2, 0) is 9.53 Å². The number of fused-ring (bicyclic) bond motifs is 1. The van der Waals surface area contributed by atoms with E-state index >= 15 is 0 Å². The van der Waals surface area contributed by atoms with E-state index in [4.69, 9.17) is 4.74 Å². The van der Waals surface area contributed by atoms with E-state index in [1.165, 1.54) is 17.7 Å². The Balaban J connectivity index is 1.59. The molecule has 6 nitrogen and oxygen atoms in total. The molecule has 17 heavy (non-hydrogen) atoms.